The van der Waals surface area contributed by atoms with Crippen LogP contribution in [-0.2, 0) is 26.8 Å². The van der Waals surface area contributed by atoms with E-state index in [1.54, 1.807) is 35.9 Å². The lowest BCUT2D eigenvalue weighted by atomic mass is 9.97. The van der Waals surface area contributed by atoms with Gasteiger partial charge in [0.05, 0.1) is 29.7 Å². The van der Waals surface area contributed by atoms with Gasteiger partial charge in [-0.3, -0.25) is 14.1 Å². The molecule has 0 saturated heterocycles. The summed E-state index contributed by atoms with van der Waals surface area (Å²) in [6.07, 6.45) is 5.41. The Balaban J connectivity index is 1.58. The number of amides is 1. The van der Waals surface area contributed by atoms with Gasteiger partial charge in [0.25, 0.3) is 5.91 Å². The third kappa shape index (κ3) is 5.21. The van der Waals surface area contributed by atoms with Gasteiger partial charge in [-0.2, -0.15) is 0 Å². The van der Waals surface area contributed by atoms with Crippen LogP contribution in [0.1, 0.15) is 34.6 Å². The zero-order chi connectivity index (χ0) is 30.7. The summed E-state index contributed by atoms with van der Waals surface area (Å²) >= 11 is 1.66. The van der Waals surface area contributed by atoms with E-state index in [9.17, 15) is 17.6 Å². The molecule has 11 heteroatoms. The van der Waals surface area contributed by atoms with E-state index in [4.69, 9.17) is 9.15 Å². The molecule has 0 unspecified atom stereocenters. The number of thiophene rings is 1. The van der Waals surface area contributed by atoms with Crippen molar-refractivity contribution in [2.45, 2.75) is 25.9 Å². The van der Waals surface area contributed by atoms with Gasteiger partial charge in [-0.1, -0.05) is 0 Å². The first kappa shape index (κ1) is 29.0. The first-order valence-corrected chi connectivity index (χ1v) is 16.3. The Labute approximate surface area is 253 Å². The molecule has 0 bridgehead atoms. The molecule has 0 aliphatic carbocycles. The van der Waals surface area contributed by atoms with Crippen LogP contribution >= 0.6 is 11.3 Å². The average molecular weight is 620 g/mol. The van der Waals surface area contributed by atoms with Crippen LogP contribution in [0, 0.1) is 5.82 Å². The van der Waals surface area contributed by atoms with Crippen molar-refractivity contribution in [2.24, 2.45) is 0 Å². The van der Waals surface area contributed by atoms with Crippen molar-refractivity contribution >= 4 is 43.9 Å². The third-order valence-electron chi connectivity index (χ3n) is 7.73. The Morgan fingerprint density at radius 3 is 2.47 bits per heavy atom. The second kappa shape index (κ2) is 10.6. The molecule has 1 amide bonds. The molecule has 0 atom stereocenters. The molecule has 222 valence electrons. The summed E-state index contributed by atoms with van der Waals surface area (Å²) in [5.41, 5.74) is 4.41. The number of hydrogen-bond acceptors (Lipinski definition) is 7. The summed E-state index contributed by atoms with van der Waals surface area (Å²) in [5.74, 6) is -0.565. The van der Waals surface area contributed by atoms with Crippen molar-refractivity contribution in [1.82, 2.24) is 10.3 Å². The van der Waals surface area contributed by atoms with Gasteiger partial charge < -0.3 is 14.5 Å². The van der Waals surface area contributed by atoms with E-state index >= 15 is 0 Å². The lowest BCUT2D eigenvalue weighted by Crippen LogP contribution is -2.27. The van der Waals surface area contributed by atoms with Gasteiger partial charge in [-0.25, -0.2) is 12.8 Å². The summed E-state index contributed by atoms with van der Waals surface area (Å²) in [7, 11) is -0.690. The number of anilines is 1. The van der Waals surface area contributed by atoms with Gasteiger partial charge in [0.15, 0.2) is 0 Å². The highest BCUT2D eigenvalue weighted by Crippen LogP contribution is 2.44. The molecular formula is C32H30FN3O5S2. The molecule has 1 aliphatic heterocycles. The normalized spacial score (nSPS) is 14.5. The Bertz CT molecular complexity index is 2000. The van der Waals surface area contributed by atoms with Crippen molar-refractivity contribution in [3.05, 3.63) is 82.7 Å². The largest absolute Gasteiger partial charge is 0.455 e. The number of fused-ring (bicyclic) bond motifs is 2. The number of nitrogens with one attached hydrogen (secondary N) is 1. The average Bonchev–Trinajstić information content (AvgIpc) is 3.58. The maximum absolute atomic E-state index is 13.7. The molecule has 0 spiro atoms. The number of carbonyl (C=O) groups is 1. The molecule has 4 heterocycles. The maximum atomic E-state index is 13.7. The van der Waals surface area contributed by atoms with Crippen LogP contribution in [-0.4, -0.2) is 46.3 Å². The second-order valence-corrected chi connectivity index (χ2v) is 14.1. The number of carbonyl (C=O) groups excluding carboxylic acids is 1. The lowest BCUT2D eigenvalue weighted by Gasteiger charge is -2.29. The van der Waals surface area contributed by atoms with Crippen molar-refractivity contribution in [1.29, 1.82) is 0 Å². The number of furan rings is 1. The summed E-state index contributed by atoms with van der Waals surface area (Å²) in [5, 5.41) is 3.14. The quantitative estimate of drug-likeness (QED) is 0.230. The molecule has 0 saturated carbocycles. The molecule has 2 aromatic carbocycles. The first-order valence-electron chi connectivity index (χ1n) is 13.6. The summed E-state index contributed by atoms with van der Waals surface area (Å²) < 4.78 is 52.6. The predicted molar refractivity (Wildman–Crippen MR) is 167 cm³/mol. The fourth-order valence-electron chi connectivity index (χ4n) is 5.43. The fourth-order valence-corrected chi connectivity index (χ4v) is 7.18. The van der Waals surface area contributed by atoms with Gasteiger partial charge in [0, 0.05) is 69.9 Å². The minimum absolute atomic E-state index is 0.250. The monoisotopic (exact) mass is 619 g/mol. The number of sulfonamides is 1. The number of hydrogen-bond donors (Lipinski definition) is 1. The molecule has 0 radical (unpaired) electrons. The summed E-state index contributed by atoms with van der Waals surface area (Å²) in [6, 6.07) is 13.2. The Hall–Kier alpha value is -4.06. The number of ether oxygens (including phenoxy) is 1. The van der Waals surface area contributed by atoms with Crippen molar-refractivity contribution in [3.8, 4) is 32.9 Å². The topological polar surface area (TPSA) is 102 Å². The van der Waals surface area contributed by atoms with Crippen LogP contribution < -0.4 is 9.62 Å². The van der Waals surface area contributed by atoms with Crippen LogP contribution in [0.4, 0.5) is 10.1 Å². The molecule has 6 rings (SSSR count). The molecule has 0 fully saturated rings. The van der Waals surface area contributed by atoms with Crippen molar-refractivity contribution in [3.63, 3.8) is 0 Å². The van der Waals surface area contributed by atoms with Gasteiger partial charge >= 0.3 is 0 Å². The van der Waals surface area contributed by atoms with E-state index in [1.807, 2.05) is 6.07 Å². The van der Waals surface area contributed by atoms with Crippen LogP contribution in [0.2, 0.25) is 0 Å². The lowest BCUT2D eigenvalue weighted by molar-refractivity contribution is -0.0282. The summed E-state index contributed by atoms with van der Waals surface area (Å²) in [4.78, 5) is 19.9. The minimum Gasteiger partial charge on any atom is -0.455 e. The van der Waals surface area contributed by atoms with Crippen molar-refractivity contribution < 1.29 is 26.8 Å². The number of aromatic nitrogens is 1. The van der Waals surface area contributed by atoms with Crippen molar-refractivity contribution in [2.75, 3.05) is 31.3 Å². The number of nitrogens with zero attached hydrogens (tertiary/aromatic N) is 2. The summed E-state index contributed by atoms with van der Waals surface area (Å²) in [6.45, 7) is 4.79. The van der Waals surface area contributed by atoms with Gasteiger partial charge in [-0.05, 0) is 68.3 Å². The van der Waals surface area contributed by atoms with E-state index in [2.05, 4.69) is 30.2 Å². The van der Waals surface area contributed by atoms with E-state index < -0.39 is 21.7 Å². The van der Waals surface area contributed by atoms with Crippen LogP contribution in [0.25, 0.3) is 43.9 Å². The SMILES string of the molecule is CNC(=O)c1c(-c2ccc(F)cc2)oc2cc(N(C)S(C)(=O)=O)c(-c3cncc(-c4cc5c(s4)C(C)(C)OCC5)c3)cc12. The number of halogens is 1. The number of benzene rings is 2. The molecule has 8 nitrogen and oxygen atoms in total. The standard InChI is InChI=1S/C32H30FN3O5S2/c1-32(2)30-19(10-11-40-32)13-27(42-30)21-12-20(16-35-17-21)23-14-24-26(15-25(23)36(4)43(5,38)39)41-29(28(24)31(37)34-3)18-6-8-22(33)9-7-18/h6-9,12-17H,10-11H2,1-5H3,(H,34,37). The van der Waals surface area contributed by atoms with E-state index in [0.29, 0.717) is 40.0 Å². The highest BCUT2D eigenvalue weighted by molar-refractivity contribution is 7.92. The predicted octanol–water partition coefficient (Wildman–Crippen LogP) is 6.59. The molecule has 3 aromatic heterocycles. The van der Waals surface area contributed by atoms with Crippen LogP contribution in [0.15, 0.2) is 65.3 Å². The number of rotatable bonds is 6. The molecule has 5 aromatic rings. The number of pyridine rings is 1. The van der Waals surface area contributed by atoms with E-state index in [1.165, 1.54) is 53.1 Å². The molecule has 1 aliphatic rings. The van der Waals surface area contributed by atoms with E-state index in [0.717, 1.165) is 23.1 Å². The Morgan fingerprint density at radius 2 is 1.79 bits per heavy atom. The van der Waals surface area contributed by atoms with Gasteiger partial charge in [0.2, 0.25) is 10.0 Å². The van der Waals surface area contributed by atoms with Crippen LogP contribution in [0.5, 0.6) is 0 Å². The Kier molecular flexibility index (Phi) is 7.15. The van der Waals surface area contributed by atoms with Gasteiger partial charge in [-0.15, -0.1) is 11.3 Å². The highest BCUT2D eigenvalue weighted by Gasteiger charge is 2.31. The first-order chi connectivity index (χ1) is 20.4. The Morgan fingerprint density at radius 1 is 1.07 bits per heavy atom. The highest BCUT2D eigenvalue weighted by atomic mass is 32.2. The zero-order valence-electron chi connectivity index (χ0n) is 24.3. The maximum Gasteiger partial charge on any atom is 0.255 e. The third-order valence-corrected chi connectivity index (χ3v) is 10.5. The second-order valence-electron chi connectivity index (χ2n) is 11.0. The molecule has 43 heavy (non-hydrogen) atoms. The smallest absolute Gasteiger partial charge is 0.255 e. The molecule has 1 N–H and O–H groups in total. The van der Waals surface area contributed by atoms with E-state index in [-0.39, 0.29) is 16.9 Å². The van der Waals surface area contributed by atoms with Crippen LogP contribution in [0.3, 0.4) is 0 Å². The zero-order valence-corrected chi connectivity index (χ0v) is 26.0. The minimum atomic E-state index is -3.68. The van der Waals surface area contributed by atoms with Gasteiger partial charge in [0.1, 0.15) is 17.2 Å². The fraction of sp³-hybridized carbons (Fsp3) is 0.250. The molecular weight excluding hydrogens is 590 g/mol.